The first-order chi connectivity index (χ1) is 11.0. The second-order valence-corrected chi connectivity index (χ2v) is 7.20. The van der Waals surface area contributed by atoms with Crippen LogP contribution in [0.4, 0.5) is 0 Å². The van der Waals surface area contributed by atoms with Gasteiger partial charge in [-0.25, -0.2) is 0 Å². The van der Waals surface area contributed by atoms with E-state index in [1.165, 1.54) is 0 Å². The summed E-state index contributed by atoms with van der Waals surface area (Å²) >= 11 is 0. The summed E-state index contributed by atoms with van der Waals surface area (Å²) in [6, 6.07) is -1.13. The van der Waals surface area contributed by atoms with Gasteiger partial charge in [0.25, 0.3) is 0 Å². The molecule has 0 spiro atoms. The summed E-state index contributed by atoms with van der Waals surface area (Å²) < 4.78 is 0. The Balaban J connectivity index is 4.88. The maximum atomic E-state index is 12.6. The van der Waals surface area contributed by atoms with E-state index in [4.69, 9.17) is 16.9 Å². The zero-order valence-electron chi connectivity index (χ0n) is 15.5. The molecule has 0 rings (SSSR count). The molecule has 8 heteroatoms. The summed E-state index contributed by atoms with van der Waals surface area (Å²) in [6.07, 6.45) is 1.95. The first-order valence-corrected chi connectivity index (χ1v) is 8.43. The third-order valence-electron chi connectivity index (χ3n) is 3.73. The number of carbonyl (C=O) groups excluding carboxylic acids is 2. The molecule has 0 heterocycles. The monoisotopic (exact) mass is 342 g/mol. The molecule has 8 N–H and O–H groups in total. The average molecular weight is 342 g/mol. The van der Waals surface area contributed by atoms with Crippen LogP contribution >= 0.6 is 0 Å². The van der Waals surface area contributed by atoms with Crippen molar-refractivity contribution in [2.75, 3.05) is 6.54 Å². The fourth-order valence-corrected chi connectivity index (χ4v) is 2.30. The van der Waals surface area contributed by atoms with Gasteiger partial charge in [-0.2, -0.15) is 0 Å². The Morgan fingerprint density at radius 2 is 1.79 bits per heavy atom. The fraction of sp³-hybridized carbons (Fsp3) is 0.812. The van der Waals surface area contributed by atoms with Gasteiger partial charge in [0.1, 0.15) is 6.04 Å². The number of nitrogens with two attached hydrogens (primary N) is 2. The van der Waals surface area contributed by atoms with Crippen molar-refractivity contribution in [1.82, 2.24) is 16.0 Å². The smallest absolute Gasteiger partial charge is 0.240 e. The number of hydrogen-bond donors (Lipinski definition) is 6. The quantitative estimate of drug-likeness (QED) is 0.188. The standard InChI is InChI=1S/C16H34N6O2/c1-6-10(2)12(13(17)23)21-14(24)11(22-16(3,4)5)8-7-9-20-15(18)19/h10-12,22H,6-9H2,1-5H3,(H2,17,23)(H,21,24)(H4,18,19,20)/t10-,11-,12-/m1/s1. The van der Waals surface area contributed by atoms with E-state index in [0.29, 0.717) is 19.4 Å². The fourth-order valence-electron chi connectivity index (χ4n) is 2.30. The van der Waals surface area contributed by atoms with Crippen LogP contribution in [0, 0.1) is 11.3 Å². The first-order valence-electron chi connectivity index (χ1n) is 8.43. The molecule has 2 amide bonds. The topological polar surface area (TPSA) is 146 Å². The van der Waals surface area contributed by atoms with Gasteiger partial charge in [-0.1, -0.05) is 20.3 Å². The molecule has 3 atom stereocenters. The molecule has 24 heavy (non-hydrogen) atoms. The van der Waals surface area contributed by atoms with Gasteiger partial charge in [0, 0.05) is 12.1 Å². The number of amides is 2. The van der Waals surface area contributed by atoms with Crippen LogP contribution in [0.2, 0.25) is 0 Å². The Morgan fingerprint density at radius 1 is 1.21 bits per heavy atom. The van der Waals surface area contributed by atoms with E-state index in [0.717, 1.165) is 6.42 Å². The highest BCUT2D eigenvalue weighted by atomic mass is 16.2. The minimum Gasteiger partial charge on any atom is -0.370 e. The molecule has 0 bridgehead atoms. The molecular formula is C16H34N6O2. The van der Waals surface area contributed by atoms with Crippen molar-refractivity contribution in [2.24, 2.45) is 17.4 Å². The molecule has 0 aromatic heterocycles. The third kappa shape index (κ3) is 9.34. The van der Waals surface area contributed by atoms with Gasteiger partial charge in [0.2, 0.25) is 11.8 Å². The normalized spacial score (nSPS) is 15.2. The van der Waals surface area contributed by atoms with Crippen molar-refractivity contribution in [2.45, 2.75) is 71.5 Å². The molecule has 0 fully saturated rings. The summed E-state index contributed by atoms with van der Waals surface area (Å²) in [5.74, 6) is -0.881. The van der Waals surface area contributed by atoms with Crippen molar-refractivity contribution >= 4 is 17.8 Å². The van der Waals surface area contributed by atoms with Gasteiger partial charge in [-0.15, -0.1) is 0 Å². The minimum atomic E-state index is -0.679. The molecule has 0 unspecified atom stereocenters. The Kier molecular flexibility index (Phi) is 9.35. The maximum absolute atomic E-state index is 12.6. The van der Waals surface area contributed by atoms with Crippen LogP contribution in [-0.2, 0) is 9.59 Å². The third-order valence-corrected chi connectivity index (χ3v) is 3.73. The predicted molar refractivity (Wildman–Crippen MR) is 96.4 cm³/mol. The van der Waals surface area contributed by atoms with Crippen LogP contribution < -0.4 is 27.4 Å². The summed E-state index contributed by atoms with van der Waals surface area (Å²) in [6.45, 7) is 10.3. The van der Waals surface area contributed by atoms with Crippen molar-refractivity contribution in [3.63, 3.8) is 0 Å². The highest BCUT2D eigenvalue weighted by Gasteiger charge is 2.29. The van der Waals surface area contributed by atoms with Crippen molar-refractivity contribution < 1.29 is 9.59 Å². The highest BCUT2D eigenvalue weighted by molar-refractivity contribution is 5.89. The molecule has 0 aromatic carbocycles. The van der Waals surface area contributed by atoms with E-state index >= 15 is 0 Å². The minimum absolute atomic E-state index is 0.0267. The van der Waals surface area contributed by atoms with Gasteiger partial charge in [0.15, 0.2) is 5.96 Å². The van der Waals surface area contributed by atoms with Crippen LogP contribution in [0.3, 0.4) is 0 Å². The van der Waals surface area contributed by atoms with E-state index in [-0.39, 0.29) is 23.3 Å². The zero-order chi connectivity index (χ0) is 18.9. The van der Waals surface area contributed by atoms with E-state index in [1.54, 1.807) is 0 Å². The lowest BCUT2D eigenvalue weighted by molar-refractivity contribution is -0.130. The zero-order valence-corrected chi connectivity index (χ0v) is 15.5. The van der Waals surface area contributed by atoms with Gasteiger partial charge in [-0.05, 0) is 39.5 Å². The average Bonchev–Trinajstić information content (AvgIpc) is 2.45. The molecular weight excluding hydrogens is 308 g/mol. The summed E-state index contributed by atoms with van der Waals surface area (Å²) in [5, 5.41) is 15.9. The Bertz CT molecular complexity index is 433. The summed E-state index contributed by atoms with van der Waals surface area (Å²) in [7, 11) is 0. The molecule has 0 saturated heterocycles. The van der Waals surface area contributed by atoms with Gasteiger partial charge in [0.05, 0.1) is 6.04 Å². The SMILES string of the molecule is CC[C@@H](C)[C@@H](NC(=O)[C@@H](CCCNC(=N)N)NC(C)(C)C)C(N)=O. The van der Waals surface area contributed by atoms with Crippen molar-refractivity contribution in [3.05, 3.63) is 0 Å². The predicted octanol–water partition coefficient (Wildman–Crippen LogP) is 0.0226. The molecule has 0 aliphatic heterocycles. The Labute approximate surface area is 145 Å². The molecule has 0 aliphatic rings. The van der Waals surface area contributed by atoms with Crippen molar-refractivity contribution in [1.29, 1.82) is 5.41 Å². The second-order valence-electron chi connectivity index (χ2n) is 7.20. The van der Waals surface area contributed by atoms with Crippen LogP contribution in [0.5, 0.6) is 0 Å². The summed E-state index contributed by atoms with van der Waals surface area (Å²) in [4.78, 5) is 24.2. The van der Waals surface area contributed by atoms with Gasteiger partial charge < -0.3 is 27.4 Å². The van der Waals surface area contributed by atoms with E-state index in [1.807, 2.05) is 34.6 Å². The van der Waals surface area contributed by atoms with Crippen LogP contribution in [0.1, 0.15) is 53.9 Å². The number of guanidine groups is 1. The van der Waals surface area contributed by atoms with Crippen LogP contribution in [0.25, 0.3) is 0 Å². The number of primary amides is 1. The van der Waals surface area contributed by atoms with Gasteiger partial charge >= 0.3 is 0 Å². The molecule has 8 nitrogen and oxygen atoms in total. The lowest BCUT2D eigenvalue weighted by Gasteiger charge is -2.30. The lowest BCUT2D eigenvalue weighted by atomic mass is 9.97. The molecule has 0 aromatic rings. The Hall–Kier alpha value is -1.83. The van der Waals surface area contributed by atoms with E-state index in [9.17, 15) is 9.59 Å². The molecule has 140 valence electrons. The molecule has 0 radical (unpaired) electrons. The van der Waals surface area contributed by atoms with E-state index in [2.05, 4.69) is 16.0 Å². The van der Waals surface area contributed by atoms with E-state index < -0.39 is 18.0 Å². The highest BCUT2D eigenvalue weighted by Crippen LogP contribution is 2.10. The lowest BCUT2D eigenvalue weighted by Crippen LogP contribution is -2.57. The van der Waals surface area contributed by atoms with Crippen molar-refractivity contribution in [3.8, 4) is 0 Å². The van der Waals surface area contributed by atoms with Crippen LogP contribution in [-0.4, -0.2) is 41.9 Å². The summed E-state index contributed by atoms with van der Waals surface area (Å²) in [5.41, 5.74) is 10.4. The maximum Gasteiger partial charge on any atom is 0.240 e. The molecule has 0 aliphatic carbocycles. The van der Waals surface area contributed by atoms with Crippen LogP contribution in [0.15, 0.2) is 0 Å². The molecule has 0 saturated carbocycles. The number of hydrogen-bond acceptors (Lipinski definition) is 4. The largest absolute Gasteiger partial charge is 0.370 e. The van der Waals surface area contributed by atoms with Gasteiger partial charge in [-0.3, -0.25) is 15.0 Å². The number of rotatable bonds is 10. The number of nitrogens with one attached hydrogen (secondary N) is 4. The second kappa shape index (κ2) is 10.1. The number of carbonyl (C=O) groups is 2. The first kappa shape index (κ1) is 22.2. The Morgan fingerprint density at radius 3 is 2.21 bits per heavy atom.